The third-order valence-corrected chi connectivity index (χ3v) is 6.81. The highest BCUT2D eigenvalue weighted by Crippen LogP contribution is 2.62. The van der Waals surface area contributed by atoms with Crippen LogP contribution in [-0.2, 0) is 14.3 Å². The van der Waals surface area contributed by atoms with Gasteiger partial charge < -0.3 is 14.8 Å². The summed E-state index contributed by atoms with van der Waals surface area (Å²) in [5, 5.41) is 3.19. The molecule has 1 aromatic carbocycles. The van der Waals surface area contributed by atoms with Gasteiger partial charge in [0.2, 0.25) is 5.91 Å². The first-order valence-corrected chi connectivity index (χ1v) is 10.5. The number of benzene rings is 1. The van der Waals surface area contributed by atoms with Crippen molar-refractivity contribution in [1.82, 2.24) is 5.32 Å². The fourth-order valence-electron chi connectivity index (χ4n) is 6.02. The average molecular weight is 436 g/mol. The quantitative estimate of drug-likeness (QED) is 0.544. The Bertz CT molecular complexity index is 735. The fourth-order valence-corrected chi connectivity index (χ4v) is 6.40. The second-order valence-electron chi connectivity index (χ2n) is 8.64. The lowest BCUT2D eigenvalue weighted by Crippen LogP contribution is -2.64. The van der Waals surface area contributed by atoms with Gasteiger partial charge in [-0.15, -0.1) is 0 Å². The molecular formula is C21H26BrNO4. The molecule has 1 aromatic rings. The Morgan fingerprint density at radius 3 is 2.59 bits per heavy atom. The first kappa shape index (κ1) is 18.8. The Hall–Kier alpha value is -1.56. The van der Waals surface area contributed by atoms with Crippen LogP contribution in [0.5, 0.6) is 5.75 Å². The van der Waals surface area contributed by atoms with Gasteiger partial charge in [0.05, 0.1) is 5.41 Å². The number of hydrogen-bond acceptors (Lipinski definition) is 4. The predicted octanol–water partition coefficient (Wildman–Crippen LogP) is 3.85. The minimum atomic E-state index is -0.428. The van der Waals surface area contributed by atoms with Crippen molar-refractivity contribution in [2.24, 2.45) is 17.3 Å². The van der Waals surface area contributed by atoms with Gasteiger partial charge in [-0.25, -0.2) is 0 Å². The summed E-state index contributed by atoms with van der Waals surface area (Å²) >= 11 is 3.41. The lowest BCUT2D eigenvalue weighted by Gasteiger charge is -2.60. The number of carbonyl (C=O) groups excluding carboxylic acids is 2. The smallest absolute Gasteiger partial charge is 0.312 e. The standard InChI is InChI=1S/C21H26BrNO4/c1-14(24)23-21-11-15-7-16(12-21)10-20(9-15,13-21)19(25)27-6-5-26-18-4-2-3-17(22)8-18/h2-4,8,15-16H,5-7,9-13H2,1H3,(H,23,24)/t15-,16+,20?,21?. The van der Waals surface area contributed by atoms with Crippen molar-refractivity contribution in [3.8, 4) is 5.75 Å². The van der Waals surface area contributed by atoms with Crippen LogP contribution in [0.15, 0.2) is 28.7 Å². The van der Waals surface area contributed by atoms with E-state index in [2.05, 4.69) is 21.2 Å². The van der Waals surface area contributed by atoms with Crippen LogP contribution in [0, 0.1) is 17.3 Å². The minimum absolute atomic E-state index is 0.00268. The molecule has 4 bridgehead atoms. The van der Waals surface area contributed by atoms with Crippen molar-refractivity contribution in [3.63, 3.8) is 0 Å². The lowest BCUT2D eigenvalue weighted by molar-refractivity contribution is -0.176. The molecule has 0 aliphatic heterocycles. The molecular weight excluding hydrogens is 410 g/mol. The number of carbonyl (C=O) groups is 2. The van der Waals surface area contributed by atoms with Gasteiger partial charge in [-0.1, -0.05) is 22.0 Å². The van der Waals surface area contributed by atoms with Crippen molar-refractivity contribution in [3.05, 3.63) is 28.7 Å². The van der Waals surface area contributed by atoms with Crippen molar-refractivity contribution in [2.45, 2.75) is 51.0 Å². The van der Waals surface area contributed by atoms with Gasteiger partial charge in [0, 0.05) is 16.9 Å². The predicted molar refractivity (Wildman–Crippen MR) is 104 cm³/mol. The molecule has 1 amide bonds. The fraction of sp³-hybridized carbons (Fsp3) is 0.619. The molecule has 4 fully saturated rings. The molecule has 2 unspecified atom stereocenters. The number of nitrogens with one attached hydrogen (secondary N) is 1. The Labute approximate surface area is 168 Å². The molecule has 27 heavy (non-hydrogen) atoms. The first-order valence-electron chi connectivity index (χ1n) is 9.73. The van der Waals surface area contributed by atoms with E-state index in [-0.39, 0.29) is 24.0 Å². The highest BCUT2D eigenvalue weighted by Gasteiger charge is 2.61. The topological polar surface area (TPSA) is 64.6 Å². The third kappa shape index (κ3) is 3.86. The third-order valence-electron chi connectivity index (χ3n) is 6.32. The molecule has 4 saturated carbocycles. The molecule has 0 saturated heterocycles. The van der Waals surface area contributed by atoms with Crippen LogP contribution in [0.4, 0.5) is 0 Å². The molecule has 0 spiro atoms. The van der Waals surface area contributed by atoms with E-state index < -0.39 is 5.41 Å². The molecule has 146 valence electrons. The van der Waals surface area contributed by atoms with E-state index in [9.17, 15) is 9.59 Å². The second-order valence-corrected chi connectivity index (χ2v) is 9.56. The maximum atomic E-state index is 13.0. The molecule has 0 aromatic heterocycles. The van der Waals surface area contributed by atoms with E-state index >= 15 is 0 Å². The van der Waals surface area contributed by atoms with Crippen molar-refractivity contribution < 1.29 is 19.1 Å². The summed E-state index contributed by atoms with van der Waals surface area (Å²) in [4.78, 5) is 24.7. The van der Waals surface area contributed by atoms with Gasteiger partial charge in [-0.2, -0.15) is 0 Å². The zero-order valence-corrected chi connectivity index (χ0v) is 17.2. The summed E-state index contributed by atoms with van der Waals surface area (Å²) in [7, 11) is 0. The second kappa shape index (κ2) is 7.12. The minimum Gasteiger partial charge on any atom is -0.490 e. The molecule has 4 atom stereocenters. The van der Waals surface area contributed by atoms with Crippen LogP contribution in [0.2, 0.25) is 0 Å². The Morgan fingerprint density at radius 1 is 1.19 bits per heavy atom. The molecule has 0 radical (unpaired) electrons. The molecule has 6 heteroatoms. The van der Waals surface area contributed by atoms with E-state index in [1.807, 2.05) is 24.3 Å². The molecule has 4 aliphatic rings. The number of amides is 1. The molecule has 1 N–H and O–H groups in total. The highest BCUT2D eigenvalue weighted by atomic mass is 79.9. The first-order chi connectivity index (χ1) is 12.9. The maximum absolute atomic E-state index is 13.0. The zero-order chi connectivity index (χ0) is 19.1. The summed E-state index contributed by atoms with van der Waals surface area (Å²) in [5.41, 5.74) is -0.635. The number of rotatable bonds is 6. The van der Waals surface area contributed by atoms with Crippen LogP contribution < -0.4 is 10.1 Å². The summed E-state index contributed by atoms with van der Waals surface area (Å²) in [6.45, 7) is 2.15. The number of esters is 1. The summed E-state index contributed by atoms with van der Waals surface area (Å²) < 4.78 is 12.3. The van der Waals surface area contributed by atoms with Gasteiger partial charge in [0.25, 0.3) is 0 Å². The van der Waals surface area contributed by atoms with E-state index in [0.717, 1.165) is 42.3 Å². The summed E-state index contributed by atoms with van der Waals surface area (Å²) in [5.74, 6) is 1.68. The number of halogens is 1. The molecule has 5 rings (SSSR count). The maximum Gasteiger partial charge on any atom is 0.312 e. The Kier molecular flexibility index (Phi) is 4.95. The van der Waals surface area contributed by atoms with Crippen LogP contribution in [0.1, 0.15) is 45.4 Å². The van der Waals surface area contributed by atoms with Crippen LogP contribution in [0.25, 0.3) is 0 Å². The summed E-state index contributed by atoms with van der Waals surface area (Å²) in [6.07, 6.45) is 5.71. The SMILES string of the molecule is CC(=O)NC12C[C@H]3C[C@@H](C1)CC(C(=O)OCCOc1cccc(Br)c1)(C3)C2. The number of hydrogen-bond donors (Lipinski definition) is 1. The molecule has 4 aliphatic carbocycles. The average Bonchev–Trinajstić information content (AvgIpc) is 2.56. The van der Waals surface area contributed by atoms with Gasteiger partial charge >= 0.3 is 5.97 Å². The van der Waals surface area contributed by atoms with E-state index in [1.165, 1.54) is 6.42 Å². The Balaban J connectivity index is 1.36. The molecule has 5 nitrogen and oxygen atoms in total. The molecule has 0 heterocycles. The van der Waals surface area contributed by atoms with E-state index in [1.54, 1.807) is 6.92 Å². The van der Waals surface area contributed by atoms with Gasteiger partial charge in [0.15, 0.2) is 0 Å². The van der Waals surface area contributed by atoms with Crippen molar-refractivity contribution >= 4 is 27.8 Å². The largest absolute Gasteiger partial charge is 0.490 e. The van der Waals surface area contributed by atoms with Gasteiger partial charge in [0.1, 0.15) is 19.0 Å². The monoisotopic (exact) mass is 435 g/mol. The zero-order valence-electron chi connectivity index (χ0n) is 15.6. The van der Waals surface area contributed by atoms with E-state index in [4.69, 9.17) is 9.47 Å². The normalized spacial score (nSPS) is 33.6. The number of ether oxygens (including phenoxy) is 2. The highest BCUT2D eigenvalue weighted by molar-refractivity contribution is 9.10. The summed E-state index contributed by atoms with van der Waals surface area (Å²) in [6, 6.07) is 7.61. The Morgan fingerprint density at radius 2 is 1.93 bits per heavy atom. The van der Waals surface area contributed by atoms with Crippen molar-refractivity contribution in [1.29, 1.82) is 0 Å². The van der Waals surface area contributed by atoms with Gasteiger partial charge in [-0.05, 0) is 68.6 Å². The lowest BCUT2D eigenvalue weighted by atomic mass is 9.47. The van der Waals surface area contributed by atoms with Crippen LogP contribution >= 0.6 is 15.9 Å². The van der Waals surface area contributed by atoms with Crippen LogP contribution in [0.3, 0.4) is 0 Å². The van der Waals surface area contributed by atoms with Crippen LogP contribution in [-0.4, -0.2) is 30.6 Å². The van der Waals surface area contributed by atoms with Gasteiger partial charge in [-0.3, -0.25) is 9.59 Å². The van der Waals surface area contributed by atoms with E-state index in [0.29, 0.717) is 18.4 Å². The van der Waals surface area contributed by atoms with Crippen molar-refractivity contribution in [2.75, 3.05) is 13.2 Å².